The van der Waals surface area contributed by atoms with Gasteiger partial charge in [0, 0.05) is 19.0 Å². The van der Waals surface area contributed by atoms with Crippen LogP contribution in [0.3, 0.4) is 0 Å². The summed E-state index contributed by atoms with van der Waals surface area (Å²) in [6, 6.07) is 7.91. The highest BCUT2D eigenvalue weighted by Gasteiger charge is 2.20. The van der Waals surface area contributed by atoms with E-state index in [4.69, 9.17) is 5.11 Å². The molecule has 23 heavy (non-hydrogen) atoms. The third-order valence-corrected chi connectivity index (χ3v) is 3.87. The fourth-order valence-corrected chi connectivity index (χ4v) is 2.47. The molecule has 5 nitrogen and oxygen atoms in total. The van der Waals surface area contributed by atoms with Crippen LogP contribution in [0.2, 0.25) is 0 Å². The van der Waals surface area contributed by atoms with Gasteiger partial charge in [-0.3, -0.25) is 4.79 Å². The van der Waals surface area contributed by atoms with Gasteiger partial charge in [-0.1, -0.05) is 36.8 Å². The standard InChI is InChI=1S/C18H28N2O3/c1-12(2)20(18(22)23)11-14(4)10-17(21)19-15(5)16-8-6-13(3)7-9-16/h6-9,12,14-15H,10-11H2,1-5H3,(H,19,21)(H,22,23). The van der Waals surface area contributed by atoms with Crippen LogP contribution in [0.25, 0.3) is 0 Å². The van der Waals surface area contributed by atoms with Crippen molar-refractivity contribution in [3.05, 3.63) is 35.4 Å². The first-order chi connectivity index (χ1) is 10.7. The predicted octanol–water partition coefficient (Wildman–Crippen LogP) is 3.59. The van der Waals surface area contributed by atoms with Crippen molar-refractivity contribution >= 4 is 12.0 Å². The molecule has 0 saturated heterocycles. The van der Waals surface area contributed by atoms with Gasteiger partial charge in [0.25, 0.3) is 0 Å². The molecule has 0 aliphatic heterocycles. The van der Waals surface area contributed by atoms with E-state index < -0.39 is 6.09 Å². The van der Waals surface area contributed by atoms with Crippen LogP contribution in [0.4, 0.5) is 4.79 Å². The summed E-state index contributed by atoms with van der Waals surface area (Å²) in [6.07, 6.45) is -0.632. The molecule has 2 amide bonds. The lowest BCUT2D eigenvalue weighted by Crippen LogP contribution is -2.40. The van der Waals surface area contributed by atoms with E-state index in [0.717, 1.165) is 5.56 Å². The van der Waals surface area contributed by atoms with Crippen LogP contribution in [0.15, 0.2) is 24.3 Å². The van der Waals surface area contributed by atoms with Crippen molar-refractivity contribution in [2.24, 2.45) is 5.92 Å². The van der Waals surface area contributed by atoms with Gasteiger partial charge in [-0.25, -0.2) is 4.79 Å². The largest absolute Gasteiger partial charge is 0.465 e. The first-order valence-corrected chi connectivity index (χ1v) is 8.06. The first kappa shape index (κ1) is 19.0. The van der Waals surface area contributed by atoms with Crippen molar-refractivity contribution in [3.8, 4) is 0 Å². The zero-order chi connectivity index (χ0) is 17.6. The van der Waals surface area contributed by atoms with Crippen LogP contribution >= 0.6 is 0 Å². The summed E-state index contributed by atoms with van der Waals surface area (Å²) in [5, 5.41) is 12.1. The average Bonchev–Trinajstić information content (AvgIpc) is 2.44. The Hall–Kier alpha value is -2.04. The molecule has 0 fully saturated rings. The van der Waals surface area contributed by atoms with E-state index in [0.29, 0.717) is 13.0 Å². The molecule has 2 atom stereocenters. The number of rotatable bonds is 7. The van der Waals surface area contributed by atoms with E-state index in [-0.39, 0.29) is 23.9 Å². The number of benzene rings is 1. The van der Waals surface area contributed by atoms with E-state index in [1.165, 1.54) is 10.5 Å². The normalized spacial score (nSPS) is 13.5. The second-order valence-corrected chi connectivity index (χ2v) is 6.54. The van der Waals surface area contributed by atoms with Gasteiger partial charge in [0.15, 0.2) is 0 Å². The van der Waals surface area contributed by atoms with Gasteiger partial charge in [0.1, 0.15) is 0 Å². The number of amides is 2. The molecule has 0 bridgehead atoms. The molecule has 1 aromatic carbocycles. The molecule has 128 valence electrons. The van der Waals surface area contributed by atoms with Gasteiger partial charge >= 0.3 is 6.09 Å². The first-order valence-electron chi connectivity index (χ1n) is 8.06. The van der Waals surface area contributed by atoms with Gasteiger partial charge in [-0.15, -0.1) is 0 Å². The second kappa shape index (κ2) is 8.56. The molecule has 5 heteroatoms. The molecule has 0 saturated carbocycles. The Bertz CT molecular complexity index is 526. The fraction of sp³-hybridized carbons (Fsp3) is 0.556. The molecule has 0 aliphatic rings. The SMILES string of the molecule is Cc1ccc(C(C)NC(=O)CC(C)CN(C(=O)O)C(C)C)cc1. The van der Waals surface area contributed by atoms with Crippen LogP contribution in [0, 0.1) is 12.8 Å². The summed E-state index contributed by atoms with van der Waals surface area (Å²) < 4.78 is 0. The van der Waals surface area contributed by atoms with Gasteiger partial charge in [-0.05, 0) is 39.2 Å². The Balaban J connectivity index is 2.52. The topological polar surface area (TPSA) is 69.6 Å². The van der Waals surface area contributed by atoms with Crippen LogP contribution in [-0.4, -0.2) is 34.6 Å². The van der Waals surface area contributed by atoms with Gasteiger partial charge in [0.05, 0.1) is 6.04 Å². The summed E-state index contributed by atoms with van der Waals surface area (Å²) in [7, 11) is 0. The molecule has 0 aromatic heterocycles. The highest BCUT2D eigenvalue weighted by atomic mass is 16.4. The Kier molecular flexibility index (Phi) is 7.07. The third kappa shape index (κ3) is 6.30. The number of carboxylic acid groups (broad SMARTS) is 1. The van der Waals surface area contributed by atoms with Crippen molar-refractivity contribution < 1.29 is 14.7 Å². The summed E-state index contributed by atoms with van der Waals surface area (Å²) in [5.41, 5.74) is 2.24. The number of carbonyl (C=O) groups excluding carboxylic acids is 1. The quantitative estimate of drug-likeness (QED) is 0.806. The van der Waals surface area contributed by atoms with E-state index in [9.17, 15) is 9.59 Å². The number of carbonyl (C=O) groups is 2. The second-order valence-electron chi connectivity index (χ2n) is 6.54. The molecule has 2 N–H and O–H groups in total. The smallest absolute Gasteiger partial charge is 0.407 e. The lowest BCUT2D eigenvalue weighted by molar-refractivity contribution is -0.122. The number of hydrogen-bond acceptors (Lipinski definition) is 2. The molecule has 0 spiro atoms. The van der Waals surface area contributed by atoms with E-state index in [1.807, 2.05) is 58.9 Å². The molecule has 0 heterocycles. The molecular formula is C18H28N2O3. The van der Waals surface area contributed by atoms with Gasteiger partial charge in [0.2, 0.25) is 5.91 Å². The van der Waals surface area contributed by atoms with Crippen LogP contribution in [0.5, 0.6) is 0 Å². The molecule has 0 radical (unpaired) electrons. The highest BCUT2D eigenvalue weighted by molar-refractivity contribution is 5.76. The summed E-state index contributed by atoms with van der Waals surface area (Å²) in [4.78, 5) is 24.7. The Morgan fingerprint density at radius 2 is 1.70 bits per heavy atom. The minimum absolute atomic E-state index is 0.0290. The van der Waals surface area contributed by atoms with Crippen molar-refractivity contribution in [2.45, 2.75) is 53.1 Å². The number of nitrogens with zero attached hydrogens (tertiary/aromatic N) is 1. The minimum atomic E-state index is -0.944. The van der Waals surface area contributed by atoms with Crippen molar-refractivity contribution in [2.75, 3.05) is 6.54 Å². The summed E-state index contributed by atoms with van der Waals surface area (Å²) >= 11 is 0. The van der Waals surface area contributed by atoms with Crippen LogP contribution in [-0.2, 0) is 4.79 Å². The maximum Gasteiger partial charge on any atom is 0.407 e. The van der Waals surface area contributed by atoms with Gasteiger partial charge < -0.3 is 15.3 Å². The Morgan fingerprint density at radius 3 is 2.17 bits per heavy atom. The third-order valence-electron chi connectivity index (χ3n) is 3.87. The number of hydrogen-bond donors (Lipinski definition) is 2. The Labute approximate surface area is 138 Å². The fourth-order valence-electron chi connectivity index (χ4n) is 2.47. The van der Waals surface area contributed by atoms with Crippen molar-refractivity contribution in [3.63, 3.8) is 0 Å². The molecule has 1 aromatic rings. The molecular weight excluding hydrogens is 292 g/mol. The zero-order valence-corrected chi connectivity index (χ0v) is 14.7. The van der Waals surface area contributed by atoms with E-state index in [1.54, 1.807) is 0 Å². The van der Waals surface area contributed by atoms with E-state index in [2.05, 4.69) is 5.32 Å². The zero-order valence-electron chi connectivity index (χ0n) is 14.7. The van der Waals surface area contributed by atoms with E-state index >= 15 is 0 Å². The molecule has 0 aliphatic carbocycles. The average molecular weight is 320 g/mol. The highest BCUT2D eigenvalue weighted by Crippen LogP contribution is 2.14. The van der Waals surface area contributed by atoms with Crippen LogP contribution < -0.4 is 5.32 Å². The summed E-state index contributed by atoms with van der Waals surface area (Å²) in [6.45, 7) is 9.90. The number of aryl methyl sites for hydroxylation is 1. The van der Waals surface area contributed by atoms with Crippen LogP contribution in [0.1, 0.15) is 51.3 Å². The maximum absolute atomic E-state index is 12.1. The van der Waals surface area contributed by atoms with Gasteiger partial charge in [-0.2, -0.15) is 0 Å². The maximum atomic E-state index is 12.1. The molecule has 1 rings (SSSR count). The van der Waals surface area contributed by atoms with Crippen molar-refractivity contribution in [1.29, 1.82) is 0 Å². The Morgan fingerprint density at radius 1 is 1.13 bits per heavy atom. The lowest BCUT2D eigenvalue weighted by atomic mass is 10.0. The number of nitrogens with one attached hydrogen (secondary N) is 1. The lowest BCUT2D eigenvalue weighted by Gasteiger charge is -2.26. The molecule has 2 unspecified atom stereocenters. The minimum Gasteiger partial charge on any atom is -0.465 e. The monoisotopic (exact) mass is 320 g/mol. The van der Waals surface area contributed by atoms with Crippen molar-refractivity contribution in [1.82, 2.24) is 10.2 Å². The predicted molar refractivity (Wildman–Crippen MR) is 91.4 cm³/mol. The summed E-state index contributed by atoms with van der Waals surface area (Å²) in [5.74, 6) is -0.0848.